The van der Waals surface area contributed by atoms with Crippen molar-refractivity contribution in [2.75, 3.05) is 26.6 Å². The molecule has 0 aliphatic rings. The van der Waals surface area contributed by atoms with E-state index >= 15 is 0 Å². The van der Waals surface area contributed by atoms with E-state index in [1.165, 1.54) is 50.9 Å². The van der Waals surface area contributed by atoms with Gasteiger partial charge in [-0.3, -0.25) is 4.79 Å². The highest BCUT2D eigenvalue weighted by Crippen LogP contribution is 2.30. The number of carbonyl (C=O) groups is 2. The van der Waals surface area contributed by atoms with Crippen LogP contribution in [-0.2, 0) is 26.0 Å². The van der Waals surface area contributed by atoms with Crippen molar-refractivity contribution >= 4 is 49.0 Å². The van der Waals surface area contributed by atoms with Crippen LogP contribution in [0.1, 0.15) is 15.2 Å². The molecule has 0 saturated carbocycles. The Balaban J connectivity index is 1.61. The molecule has 4 rings (SSSR count). The first kappa shape index (κ1) is 27.1. The van der Waals surface area contributed by atoms with Gasteiger partial charge in [0.05, 0.1) is 26.2 Å². The number of methoxy groups -OCH3 is 3. The molecule has 0 aliphatic carbocycles. The number of esters is 1. The van der Waals surface area contributed by atoms with E-state index in [0.29, 0.717) is 16.3 Å². The Morgan fingerprint density at radius 1 is 0.895 bits per heavy atom. The predicted molar refractivity (Wildman–Crippen MR) is 146 cm³/mol. The largest absolute Gasteiger partial charge is 0.493 e. The van der Waals surface area contributed by atoms with Gasteiger partial charge in [0.1, 0.15) is 10.9 Å². The third kappa shape index (κ3) is 6.13. The summed E-state index contributed by atoms with van der Waals surface area (Å²) in [6.45, 7) is 0. The number of amides is 1. The summed E-state index contributed by atoms with van der Waals surface area (Å²) < 4.78 is 45.2. The second kappa shape index (κ2) is 11.6. The molecule has 0 saturated heterocycles. The van der Waals surface area contributed by atoms with E-state index in [-0.39, 0.29) is 17.1 Å². The van der Waals surface area contributed by atoms with Crippen LogP contribution in [-0.4, -0.2) is 47.7 Å². The van der Waals surface area contributed by atoms with Crippen molar-refractivity contribution in [2.24, 2.45) is 0 Å². The Morgan fingerprint density at radius 2 is 1.63 bits per heavy atom. The Labute approximate surface area is 224 Å². The Kier molecular flexibility index (Phi) is 8.30. The maximum Gasteiger partial charge on any atom is 0.348 e. The molecule has 0 unspecified atom stereocenters. The standard InChI is InChI=1S/C27H26N2O7S2/c1-34-22-11-10-20(16-23(22)35-2)38(32,33)29-21(13-17-7-5-4-6-8-17)26(30)28-19-9-12-24-18(14-19)15-25(37-24)27(31)36-3/h4-12,14-16,21,29H,13H2,1-3H3,(H,28,30)/t21-/m0/s1. The predicted octanol–water partition coefficient (Wildman–Crippen LogP) is 4.23. The van der Waals surface area contributed by atoms with Crippen molar-refractivity contribution < 1.29 is 32.2 Å². The van der Waals surface area contributed by atoms with Crippen LogP contribution in [0.5, 0.6) is 11.5 Å². The number of thiophene rings is 1. The number of hydrogen-bond acceptors (Lipinski definition) is 8. The van der Waals surface area contributed by atoms with Crippen molar-refractivity contribution in [2.45, 2.75) is 17.4 Å². The quantitative estimate of drug-likeness (QED) is 0.282. The molecule has 0 bridgehead atoms. The summed E-state index contributed by atoms with van der Waals surface area (Å²) in [4.78, 5) is 25.6. The Hall–Kier alpha value is -3.93. The van der Waals surface area contributed by atoms with Gasteiger partial charge in [-0.2, -0.15) is 4.72 Å². The van der Waals surface area contributed by atoms with Gasteiger partial charge in [0.25, 0.3) is 0 Å². The lowest BCUT2D eigenvalue weighted by Crippen LogP contribution is -2.45. The minimum absolute atomic E-state index is 0.0731. The van der Waals surface area contributed by atoms with Crippen LogP contribution in [0.2, 0.25) is 0 Å². The molecule has 198 valence electrons. The zero-order valence-electron chi connectivity index (χ0n) is 20.9. The van der Waals surface area contributed by atoms with Crippen LogP contribution >= 0.6 is 11.3 Å². The van der Waals surface area contributed by atoms with Gasteiger partial charge >= 0.3 is 5.97 Å². The molecule has 11 heteroatoms. The number of rotatable bonds is 10. The second-order valence-corrected chi connectivity index (χ2v) is 11.0. The van der Waals surface area contributed by atoms with Gasteiger partial charge in [-0.05, 0) is 53.8 Å². The molecule has 0 fully saturated rings. The van der Waals surface area contributed by atoms with E-state index < -0.39 is 27.9 Å². The van der Waals surface area contributed by atoms with Gasteiger partial charge in [0, 0.05) is 16.5 Å². The van der Waals surface area contributed by atoms with Crippen molar-refractivity contribution in [3.8, 4) is 11.5 Å². The van der Waals surface area contributed by atoms with Crippen molar-refractivity contribution in [3.05, 3.63) is 83.2 Å². The zero-order chi connectivity index (χ0) is 27.3. The second-order valence-electron chi connectivity index (χ2n) is 8.22. The Bertz CT molecular complexity index is 1570. The molecular formula is C27H26N2O7S2. The summed E-state index contributed by atoms with van der Waals surface area (Å²) in [5.74, 6) is -0.357. The highest BCUT2D eigenvalue weighted by molar-refractivity contribution is 7.89. The summed E-state index contributed by atoms with van der Waals surface area (Å²) in [5.41, 5.74) is 1.23. The molecule has 3 aromatic carbocycles. The number of carbonyl (C=O) groups excluding carboxylic acids is 2. The van der Waals surface area contributed by atoms with Crippen molar-refractivity contribution in [1.29, 1.82) is 0 Å². The molecule has 1 heterocycles. The Morgan fingerprint density at radius 3 is 2.32 bits per heavy atom. The molecular weight excluding hydrogens is 528 g/mol. The molecule has 38 heavy (non-hydrogen) atoms. The van der Waals surface area contributed by atoms with Gasteiger partial charge < -0.3 is 19.5 Å². The van der Waals surface area contributed by atoms with Crippen LogP contribution in [0.15, 0.2) is 77.7 Å². The monoisotopic (exact) mass is 554 g/mol. The average molecular weight is 555 g/mol. The first-order chi connectivity index (χ1) is 18.2. The molecule has 1 atom stereocenters. The summed E-state index contributed by atoms with van der Waals surface area (Å²) in [7, 11) is 0.0605. The van der Waals surface area contributed by atoms with Crippen LogP contribution in [0.3, 0.4) is 0 Å². The number of benzene rings is 3. The zero-order valence-corrected chi connectivity index (χ0v) is 22.5. The topological polar surface area (TPSA) is 120 Å². The van der Waals surface area contributed by atoms with Gasteiger partial charge in [0.2, 0.25) is 15.9 Å². The van der Waals surface area contributed by atoms with Gasteiger partial charge in [-0.25, -0.2) is 13.2 Å². The van der Waals surface area contributed by atoms with Crippen molar-refractivity contribution in [3.63, 3.8) is 0 Å². The molecule has 0 aliphatic heterocycles. The summed E-state index contributed by atoms with van der Waals surface area (Å²) >= 11 is 1.28. The minimum atomic E-state index is -4.11. The van der Waals surface area contributed by atoms with Crippen molar-refractivity contribution in [1.82, 2.24) is 4.72 Å². The number of fused-ring (bicyclic) bond motifs is 1. The number of nitrogens with one attached hydrogen (secondary N) is 2. The number of anilines is 1. The van der Waals surface area contributed by atoms with Crippen LogP contribution in [0.4, 0.5) is 5.69 Å². The van der Waals surface area contributed by atoms with E-state index in [9.17, 15) is 18.0 Å². The minimum Gasteiger partial charge on any atom is -0.493 e. The van der Waals surface area contributed by atoms with Crippen LogP contribution < -0.4 is 19.5 Å². The lowest BCUT2D eigenvalue weighted by molar-refractivity contribution is -0.117. The fraction of sp³-hybridized carbons (Fsp3) is 0.185. The van der Waals surface area contributed by atoms with E-state index in [2.05, 4.69) is 10.0 Å². The summed E-state index contributed by atoms with van der Waals surface area (Å²) in [6, 6.07) is 19.1. The van der Waals surface area contributed by atoms with E-state index in [0.717, 1.165) is 15.6 Å². The van der Waals surface area contributed by atoms with Gasteiger partial charge in [-0.1, -0.05) is 30.3 Å². The maximum atomic E-state index is 13.4. The summed E-state index contributed by atoms with van der Waals surface area (Å²) in [6.07, 6.45) is 0.117. The third-order valence-electron chi connectivity index (χ3n) is 5.73. The highest BCUT2D eigenvalue weighted by Gasteiger charge is 2.27. The normalized spacial score (nSPS) is 12.1. The number of sulfonamides is 1. The van der Waals surface area contributed by atoms with Crippen LogP contribution in [0.25, 0.3) is 10.1 Å². The number of ether oxygens (including phenoxy) is 3. The van der Waals surface area contributed by atoms with E-state index in [4.69, 9.17) is 14.2 Å². The van der Waals surface area contributed by atoms with E-state index in [1.54, 1.807) is 24.3 Å². The molecule has 0 spiro atoms. The van der Waals surface area contributed by atoms with Crippen LogP contribution in [0, 0.1) is 0 Å². The molecule has 1 amide bonds. The van der Waals surface area contributed by atoms with Gasteiger partial charge in [0.15, 0.2) is 11.5 Å². The fourth-order valence-electron chi connectivity index (χ4n) is 3.83. The molecule has 9 nitrogen and oxygen atoms in total. The lowest BCUT2D eigenvalue weighted by atomic mass is 10.1. The lowest BCUT2D eigenvalue weighted by Gasteiger charge is -2.19. The SMILES string of the molecule is COC(=O)c1cc2cc(NC(=O)[C@H](Cc3ccccc3)NS(=O)(=O)c3ccc(OC)c(OC)c3)ccc2s1. The maximum absolute atomic E-state index is 13.4. The first-order valence-electron chi connectivity index (χ1n) is 11.4. The molecule has 2 N–H and O–H groups in total. The van der Waals surface area contributed by atoms with E-state index in [1.807, 2.05) is 30.3 Å². The number of hydrogen-bond donors (Lipinski definition) is 2. The van der Waals surface area contributed by atoms with Gasteiger partial charge in [-0.15, -0.1) is 11.3 Å². The molecule has 4 aromatic rings. The summed E-state index contributed by atoms with van der Waals surface area (Å²) in [5, 5.41) is 3.55. The molecule has 1 aromatic heterocycles. The first-order valence-corrected chi connectivity index (χ1v) is 13.7. The average Bonchev–Trinajstić information content (AvgIpc) is 3.35. The fourth-order valence-corrected chi connectivity index (χ4v) is 6.00. The smallest absolute Gasteiger partial charge is 0.348 e. The molecule has 0 radical (unpaired) electrons. The third-order valence-corrected chi connectivity index (χ3v) is 8.30. The highest BCUT2D eigenvalue weighted by atomic mass is 32.2.